The van der Waals surface area contributed by atoms with Gasteiger partial charge in [-0.05, 0) is 26.3 Å². The minimum atomic E-state index is -0.545. The second-order valence-electron chi connectivity index (χ2n) is 3.97. The molecule has 0 radical (unpaired) electrons. The number of halogens is 1. The van der Waals surface area contributed by atoms with Crippen molar-refractivity contribution in [3.63, 3.8) is 0 Å². The Morgan fingerprint density at radius 1 is 1.56 bits per heavy atom. The van der Waals surface area contributed by atoms with Crippen LogP contribution in [0, 0.1) is 5.82 Å². The van der Waals surface area contributed by atoms with E-state index in [4.69, 9.17) is 10.5 Å². The first-order chi connectivity index (χ1) is 7.55. The summed E-state index contributed by atoms with van der Waals surface area (Å²) in [5.41, 5.74) is 5.99. The van der Waals surface area contributed by atoms with Crippen molar-refractivity contribution in [2.75, 3.05) is 6.61 Å². The molecule has 16 heavy (non-hydrogen) atoms. The molecule has 0 aliphatic rings. The van der Waals surface area contributed by atoms with Crippen LogP contribution in [0.1, 0.15) is 38.8 Å². The molecule has 2 N–H and O–H groups in total. The first kappa shape index (κ1) is 13.1. The third kappa shape index (κ3) is 2.57. The van der Waals surface area contributed by atoms with Crippen LogP contribution < -0.4 is 5.73 Å². The predicted octanol–water partition coefficient (Wildman–Crippen LogP) is 2.43. The number of hydrogen-bond acceptors (Lipinski definition) is 3. The Balaban J connectivity index is 2.99. The summed E-state index contributed by atoms with van der Waals surface area (Å²) in [6.07, 6.45) is 3.45. The molecule has 3 nitrogen and oxygen atoms in total. The number of aromatic nitrogens is 1. The molecule has 1 rings (SSSR count). The van der Waals surface area contributed by atoms with Crippen LogP contribution in [0.25, 0.3) is 0 Å². The maximum absolute atomic E-state index is 13.5. The number of pyridine rings is 1. The number of nitrogens with zero attached hydrogens (tertiary/aromatic N) is 1. The van der Waals surface area contributed by atoms with Crippen molar-refractivity contribution in [3.8, 4) is 0 Å². The fourth-order valence-corrected chi connectivity index (χ4v) is 1.71. The molecule has 4 heteroatoms. The smallest absolute Gasteiger partial charge is 0.146 e. The van der Waals surface area contributed by atoms with Crippen molar-refractivity contribution < 1.29 is 9.13 Å². The normalized spacial score (nSPS) is 16.8. The maximum atomic E-state index is 13.5. The second-order valence-corrected chi connectivity index (χ2v) is 3.97. The number of nitrogens with two attached hydrogens (primary N) is 1. The van der Waals surface area contributed by atoms with E-state index in [1.807, 2.05) is 20.8 Å². The average Bonchev–Trinajstić information content (AvgIpc) is 2.29. The third-order valence-corrected chi connectivity index (χ3v) is 2.97. The standard InChI is InChI=1S/C12H19FN2O/c1-4-12(3,16-5-2)11(14)9-6-7-15-8-10(9)13/h6-8,11H,4-5,14H2,1-3H3. The Kier molecular flexibility index (Phi) is 4.38. The van der Waals surface area contributed by atoms with E-state index in [2.05, 4.69) is 4.98 Å². The van der Waals surface area contributed by atoms with Crippen molar-refractivity contribution >= 4 is 0 Å². The topological polar surface area (TPSA) is 48.1 Å². The molecule has 0 aliphatic carbocycles. The average molecular weight is 226 g/mol. The van der Waals surface area contributed by atoms with Gasteiger partial charge in [0.25, 0.3) is 0 Å². The molecule has 1 aromatic heterocycles. The zero-order valence-corrected chi connectivity index (χ0v) is 10.0. The minimum absolute atomic E-state index is 0.380. The van der Waals surface area contributed by atoms with Crippen molar-refractivity contribution in [2.24, 2.45) is 5.73 Å². The Hall–Kier alpha value is -1.00. The highest BCUT2D eigenvalue weighted by atomic mass is 19.1. The Labute approximate surface area is 95.8 Å². The largest absolute Gasteiger partial charge is 0.374 e. The van der Waals surface area contributed by atoms with E-state index in [0.717, 1.165) is 6.42 Å². The van der Waals surface area contributed by atoms with E-state index in [9.17, 15) is 4.39 Å². The van der Waals surface area contributed by atoms with Gasteiger partial charge in [0.05, 0.1) is 17.8 Å². The molecule has 0 saturated carbocycles. The molecule has 0 bridgehead atoms. The maximum Gasteiger partial charge on any atom is 0.146 e. The highest BCUT2D eigenvalue weighted by molar-refractivity contribution is 5.20. The quantitative estimate of drug-likeness (QED) is 0.838. The Bertz CT molecular complexity index is 346. The summed E-state index contributed by atoms with van der Waals surface area (Å²) in [5.74, 6) is -0.380. The summed E-state index contributed by atoms with van der Waals surface area (Å²) in [6.45, 7) is 6.35. The summed E-state index contributed by atoms with van der Waals surface area (Å²) in [7, 11) is 0. The van der Waals surface area contributed by atoms with Gasteiger partial charge in [-0.2, -0.15) is 0 Å². The predicted molar refractivity (Wildman–Crippen MR) is 61.4 cm³/mol. The van der Waals surface area contributed by atoms with E-state index >= 15 is 0 Å². The van der Waals surface area contributed by atoms with Gasteiger partial charge in [0, 0.05) is 18.4 Å². The van der Waals surface area contributed by atoms with Crippen LogP contribution in [-0.2, 0) is 4.74 Å². The zero-order chi connectivity index (χ0) is 12.2. The Morgan fingerprint density at radius 2 is 2.25 bits per heavy atom. The zero-order valence-electron chi connectivity index (χ0n) is 10.0. The van der Waals surface area contributed by atoms with Gasteiger partial charge in [0.2, 0.25) is 0 Å². The van der Waals surface area contributed by atoms with Crippen molar-refractivity contribution in [1.82, 2.24) is 4.98 Å². The van der Waals surface area contributed by atoms with E-state index in [1.165, 1.54) is 6.20 Å². The van der Waals surface area contributed by atoms with E-state index < -0.39 is 11.6 Å². The molecule has 0 amide bonds. The van der Waals surface area contributed by atoms with Gasteiger partial charge in [-0.25, -0.2) is 4.39 Å². The van der Waals surface area contributed by atoms with Crippen molar-refractivity contribution in [2.45, 2.75) is 38.8 Å². The fraction of sp³-hybridized carbons (Fsp3) is 0.583. The second kappa shape index (κ2) is 5.37. The van der Waals surface area contributed by atoms with Crippen LogP contribution in [0.5, 0.6) is 0 Å². The summed E-state index contributed by atoms with van der Waals surface area (Å²) in [6, 6.07) is 1.12. The van der Waals surface area contributed by atoms with Crippen LogP contribution in [-0.4, -0.2) is 17.2 Å². The number of ether oxygens (including phenoxy) is 1. The molecule has 0 saturated heterocycles. The van der Waals surface area contributed by atoms with Crippen LogP contribution in [0.2, 0.25) is 0 Å². The summed E-state index contributed by atoms with van der Waals surface area (Å²) < 4.78 is 19.2. The molecule has 2 unspecified atom stereocenters. The molecular weight excluding hydrogens is 207 g/mol. The highest BCUT2D eigenvalue weighted by Gasteiger charge is 2.33. The third-order valence-electron chi connectivity index (χ3n) is 2.97. The van der Waals surface area contributed by atoms with Gasteiger partial charge in [-0.1, -0.05) is 6.92 Å². The van der Waals surface area contributed by atoms with E-state index in [-0.39, 0.29) is 5.82 Å². The number of hydrogen-bond donors (Lipinski definition) is 1. The lowest BCUT2D eigenvalue weighted by atomic mass is 9.88. The lowest BCUT2D eigenvalue weighted by Crippen LogP contribution is -2.41. The van der Waals surface area contributed by atoms with Crippen molar-refractivity contribution in [1.29, 1.82) is 0 Å². The first-order valence-electron chi connectivity index (χ1n) is 5.54. The van der Waals surface area contributed by atoms with Gasteiger partial charge < -0.3 is 10.5 Å². The van der Waals surface area contributed by atoms with E-state index in [1.54, 1.807) is 12.3 Å². The van der Waals surface area contributed by atoms with Gasteiger partial charge >= 0.3 is 0 Å². The van der Waals surface area contributed by atoms with Gasteiger partial charge in [-0.15, -0.1) is 0 Å². The molecule has 0 fully saturated rings. The van der Waals surface area contributed by atoms with Crippen LogP contribution in [0.3, 0.4) is 0 Å². The summed E-state index contributed by atoms with van der Waals surface area (Å²) >= 11 is 0. The van der Waals surface area contributed by atoms with Gasteiger partial charge in [0.15, 0.2) is 0 Å². The summed E-state index contributed by atoms with van der Waals surface area (Å²) in [4.78, 5) is 3.71. The molecule has 1 aromatic rings. The van der Waals surface area contributed by atoms with Crippen LogP contribution in [0.15, 0.2) is 18.5 Å². The van der Waals surface area contributed by atoms with Gasteiger partial charge in [-0.3, -0.25) is 4.98 Å². The molecule has 90 valence electrons. The lowest BCUT2D eigenvalue weighted by molar-refractivity contribution is -0.0479. The van der Waals surface area contributed by atoms with Crippen LogP contribution in [0.4, 0.5) is 4.39 Å². The van der Waals surface area contributed by atoms with Crippen molar-refractivity contribution in [3.05, 3.63) is 29.8 Å². The molecule has 1 heterocycles. The van der Waals surface area contributed by atoms with Gasteiger partial charge in [0.1, 0.15) is 5.82 Å². The summed E-state index contributed by atoms with van der Waals surface area (Å²) in [5, 5.41) is 0. The molecule has 2 atom stereocenters. The highest BCUT2D eigenvalue weighted by Crippen LogP contribution is 2.30. The SMILES string of the molecule is CCOC(C)(CC)C(N)c1ccncc1F. The Morgan fingerprint density at radius 3 is 2.75 bits per heavy atom. The molecule has 0 spiro atoms. The van der Waals surface area contributed by atoms with Crippen LogP contribution >= 0.6 is 0 Å². The van der Waals surface area contributed by atoms with E-state index in [0.29, 0.717) is 12.2 Å². The minimum Gasteiger partial charge on any atom is -0.374 e. The molecular formula is C12H19FN2O. The lowest BCUT2D eigenvalue weighted by Gasteiger charge is -2.34. The monoisotopic (exact) mass is 226 g/mol. The fourth-order valence-electron chi connectivity index (χ4n) is 1.71. The molecule has 0 aliphatic heterocycles. The molecule has 0 aromatic carbocycles. The first-order valence-corrected chi connectivity index (χ1v) is 5.54. The number of rotatable bonds is 5.